The monoisotopic (exact) mass is 430 g/mol. The van der Waals surface area contributed by atoms with E-state index < -0.39 is 10.0 Å². The van der Waals surface area contributed by atoms with Crippen LogP contribution in [0.2, 0.25) is 0 Å². The third-order valence-corrected chi connectivity index (χ3v) is 8.08. The van der Waals surface area contributed by atoms with Crippen LogP contribution < -0.4 is 5.32 Å². The number of hydrogen-bond donors (Lipinski definition) is 1. The van der Waals surface area contributed by atoms with Crippen molar-refractivity contribution in [1.82, 2.24) is 14.1 Å². The number of sulfonamides is 1. The number of para-hydroxylation sites is 1. The summed E-state index contributed by atoms with van der Waals surface area (Å²) in [6, 6.07) is 9.85. The number of benzene rings is 1. The highest BCUT2D eigenvalue weighted by molar-refractivity contribution is 7.89. The summed E-state index contributed by atoms with van der Waals surface area (Å²) in [4.78, 5) is 13.1. The number of aromatic nitrogens is 2. The molecule has 0 saturated carbocycles. The number of anilines is 1. The lowest BCUT2D eigenvalue weighted by molar-refractivity contribution is -0.121. The number of carbonyl (C=O) groups is 1. The second kappa shape index (κ2) is 8.89. The summed E-state index contributed by atoms with van der Waals surface area (Å²) in [6.45, 7) is 2.82. The van der Waals surface area contributed by atoms with Crippen molar-refractivity contribution >= 4 is 21.7 Å². The predicted molar refractivity (Wildman–Crippen MR) is 117 cm³/mol. The molecule has 2 aromatic rings. The Morgan fingerprint density at radius 3 is 2.60 bits per heavy atom. The predicted octanol–water partition coefficient (Wildman–Crippen LogP) is 3.14. The van der Waals surface area contributed by atoms with Crippen molar-refractivity contribution in [1.29, 1.82) is 0 Å². The molecule has 1 saturated heterocycles. The molecule has 1 aliphatic carbocycles. The molecule has 0 atom stereocenters. The van der Waals surface area contributed by atoms with Crippen molar-refractivity contribution in [2.75, 3.05) is 24.2 Å². The van der Waals surface area contributed by atoms with Crippen molar-refractivity contribution in [3.63, 3.8) is 0 Å². The number of carbonyl (C=O) groups excluding carboxylic acids is 1. The Kier molecular flexibility index (Phi) is 6.24. The molecule has 1 fully saturated rings. The maximum absolute atomic E-state index is 13.1. The normalized spacial score (nSPS) is 17.8. The molecule has 30 heavy (non-hydrogen) atoms. The fourth-order valence-electron chi connectivity index (χ4n) is 4.35. The van der Waals surface area contributed by atoms with Gasteiger partial charge in [0.15, 0.2) is 0 Å². The van der Waals surface area contributed by atoms with Crippen LogP contribution >= 0.6 is 0 Å². The van der Waals surface area contributed by atoms with Crippen LogP contribution in [0.5, 0.6) is 0 Å². The summed E-state index contributed by atoms with van der Waals surface area (Å²) >= 11 is 0. The van der Waals surface area contributed by atoms with E-state index >= 15 is 0 Å². The van der Waals surface area contributed by atoms with Gasteiger partial charge in [0, 0.05) is 24.6 Å². The number of piperidine rings is 1. The molecule has 7 nitrogen and oxygen atoms in total. The highest BCUT2D eigenvalue weighted by Gasteiger charge is 2.32. The van der Waals surface area contributed by atoms with Crippen LogP contribution in [0.25, 0.3) is 5.69 Å². The van der Waals surface area contributed by atoms with Gasteiger partial charge in [-0.2, -0.15) is 5.10 Å². The quantitative estimate of drug-likeness (QED) is 0.731. The molecule has 2 heterocycles. The number of aryl methyl sites for hydroxylation is 1. The minimum Gasteiger partial charge on any atom is -0.310 e. The van der Waals surface area contributed by atoms with Crippen molar-refractivity contribution in [3.8, 4) is 5.69 Å². The summed E-state index contributed by atoms with van der Waals surface area (Å²) in [5.74, 6) is 0.755. The first-order valence-electron chi connectivity index (χ1n) is 10.9. The van der Waals surface area contributed by atoms with Gasteiger partial charge in [0.1, 0.15) is 5.82 Å². The molecule has 1 aromatic carbocycles. The lowest BCUT2D eigenvalue weighted by Crippen LogP contribution is -2.42. The summed E-state index contributed by atoms with van der Waals surface area (Å²) in [5.41, 5.74) is 3.12. The van der Waals surface area contributed by atoms with Crippen molar-refractivity contribution in [2.45, 2.75) is 51.9 Å². The van der Waals surface area contributed by atoms with Gasteiger partial charge in [-0.1, -0.05) is 31.5 Å². The molecule has 0 bridgehead atoms. The standard InChI is InChI=1S/C22H30N4O3S/c1-2-3-16-30(28,29)25-14-12-17(13-15-25)22(27)23-21-19-10-7-11-20(19)24-26(21)18-8-5-4-6-9-18/h4-6,8-9,17H,2-3,7,10-16H2,1H3,(H,23,27). The molecule has 1 aliphatic heterocycles. The largest absolute Gasteiger partial charge is 0.310 e. The van der Waals surface area contributed by atoms with Gasteiger partial charge < -0.3 is 5.32 Å². The fourth-order valence-corrected chi connectivity index (χ4v) is 6.03. The number of nitrogens with one attached hydrogen (secondary N) is 1. The molecule has 1 amide bonds. The molecule has 8 heteroatoms. The van der Waals surface area contributed by atoms with Crippen molar-refractivity contribution in [2.24, 2.45) is 5.92 Å². The Labute approximate surface area is 178 Å². The van der Waals surface area contributed by atoms with E-state index in [4.69, 9.17) is 5.10 Å². The second-order valence-corrected chi connectivity index (χ2v) is 10.3. The molecule has 0 spiro atoms. The average Bonchev–Trinajstić information content (AvgIpc) is 3.35. The molecule has 1 aromatic heterocycles. The third kappa shape index (κ3) is 4.30. The molecule has 4 rings (SSSR count). The molecular formula is C22H30N4O3S. The minimum atomic E-state index is -3.21. The number of fused-ring (bicyclic) bond motifs is 1. The van der Waals surface area contributed by atoms with Gasteiger partial charge in [-0.05, 0) is 50.7 Å². The Bertz CT molecular complexity index is 993. The third-order valence-electron chi connectivity index (χ3n) is 6.12. The van der Waals surface area contributed by atoms with Gasteiger partial charge in [0.2, 0.25) is 15.9 Å². The van der Waals surface area contributed by atoms with Gasteiger partial charge in [-0.15, -0.1) is 0 Å². The lowest BCUT2D eigenvalue weighted by Gasteiger charge is -2.30. The van der Waals surface area contributed by atoms with Crippen LogP contribution in [0, 0.1) is 5.92 Å². The van der Waals surface area contributed by atoms with Crippen LogP contribution in [-0.2, 0) is 27.7 Å². The Morgan fingerprint density at radius 1 is 1.17 bits per heavy atom. The van der Waals surface area contributed by atoms with Gasteiger partial charge in [-0.3, -0.25) is 4.79 Å². The maximum Gasteiger partial charge on any atom is 0.228 e. The fraction of sp³-hybridized carbons (Fsp3) is 0.545. The Morgan fingerprint density at radius 2 is 1.90 bits per heavy atom. The second-order valence-electron chi connectivity index (χ2n) is 8.21. The molecule has 2 aliphatic rings. The zero-order valence-electron chi connectivity index (χ0n) is 17.5. The first-order chi connectivity index (χ1) is 14.5. The molecule has 0 unspecified atom stereocenters. The summed E-state index contributed by atoms with van der Waals surface area (Å²) in [6.07, 6.45) is 5.56. The van der Waals surface area contributed by atoms with Gasteiger partial charge >= 0.3 is 0 Å². The van der Waals surface area contributed by atoms with E-state index in [0.29, 0.717) is 32.4 Å². The van der Waals surface area contributed by atoms with E-state index in [2.05, 4.69) is 5.32 Å². The highest BCUT2D eigenvalue weighted by Crippen LogP contribution is 2.32. The molecular weight excluding hydrogens is 400 g/mol. The zero-order chi connectivity index (χ0) is 21.1. The number of unbranched alkanes of at least 4 members (excludes halogenated alkanes) is 1. The average molecular weight is 431 g/mol. The minimum absolute atomic E-state index is 0.0348. The van der Waals surface area contributed by atoms with Crippen molar-refractivity contribution in [3.05, 3.63) is 41.6 Å². The molecule has 1 N–H and O–H groups in total. The highest BCUT2D eigenvalue weighted by atomic mass is 32.2. The lowest BCUT2D eigenvalue weighted by atomic mass is 9.97. The Hall–Kier alpha value is -2.19. The van der Waals surface area contributed by atoms with Crippen molar-refractivity contribution < 1.29 is 13.2 Å². The topological polar surface area (TPSA) is 84.3 Å². The first-order valence-corrected chi connectivity index (χ1v) is 12.6. The number of hydrogen-bond acceptors (Lipinski definition) is 4. The van der Waals surface area contributed by atoms with Gasteiger partial charge in [0.25, 0.3) is 0 Å². The van der Waals surface area contributed by atoms with E-state index in [9.17, 15) is 13.2 Å². The van der Waals surface area contributed by atoms with Gasteiger partial charge in [-0.25, -0.2) is 17.4 Å². The van der Waals surface area contributed by atoms with E-state index in [1.165, 1.54) is 0 Å². The van der Waals surface area contributed by atoms with Gasteiger partial charge in [0.05, 0.1) is 17.1 Å². The summed E-state index contributed by atoms with van der Waals surface area (Å²) in [5, 5.41) is 7.89. The van der Waals surface area contributed by atoms with Crippen LogP contribution in [-0.4, -0.2) is 47.3 Å². The van der Waals surface area contributed by atoms with Crippen LogP contribution in [0.3, 0.4) is 0 Å². The van der Waals surface area contributed by atoms with Crippen LogP contribution in [0.15, 0.2) is 30.3 Å². The molecule has 162 valence electrons. The van der Waals surface area contributed by atoms with E-state index in [1.807, 2.05) is 41.9 Å². The molecule has 0 radical (unpaired) electrons. The van der Waals surface area contributed by atoms with E-state index in [-0.39, 0.29) is 17.6 Å². The van der Waals surface area contributed by atoms with E-state index in [0.717, 1.165) is 48.4 Å². The van der Waals surface area contributed by atoms with Crippen LogP contribution in [0.4, 0.5) is 5.82 Å². The Balaban J connectivity index is 1.46. The smallest absolute Gasteiger partial charge is 0.228 e. The summed E-state index contributed by atoms with van der Waals surface area (Å²) < 4.78 is 28.2. The van der Waals surface area contributed by atoms with E-state index in [1.54, 1.807) is 4.31 Å². The maximum atomic E-state index is 13.1. The number of amides is 1. The zero-order valence-corrected chi connectivity index (χ0v) is 18.3. The van der Waals surface area contributed by atoms with Crippen LogP contribution in [0.1, 0.15) is 50.3 Å². The number of nitrogens with zero attached hydrogens (tertiary/aromatic N) is 3. The number of rotatable bonds is 7. The first kappa shape index (κ1) is 21.1. The summed E-state index contributed by atoms with van der Waals surface area (Å²) in [7, 11) is -3.21. The SMILES string of the molecule is CCCCS(=O)(=O)N1CCC(C(=O)Nc2c3c(nn2-c2ccccc2)CCC3)CC1.